The maximum Gasteiger partial charge on any atom is 0.193 e. The Morgan fingerprint density at radius 3 is 2.78 bits per heavy atom. The number of rotatable bonds is 3. The van der Waals surface area contributed by atoms with Crippen molar-refractivity contribution in [3.8, 4) is 0 Å². The van der Waals surface area contributed by atoms with Gasteiger partial charge in [-0.3, -0.25) is 9.98 Å². The lowest BCUT2D eigenvalue weighted by Gasteiger charge is -2.33. The van der Waals surface area contributed by atoms with Crippen molar-refractivity contribution in [1.82, 2.24) is 15.2 Å². The molecular weight excluding hydrogens is 284 g/mol. The van der Waals surface area contributed by atoms with Crippen LogP contribution in [0.15, 0.2) is 23.3 Å². The highest BCUT2D eigenvalue weighted by Gasteiger charge is 2.39. The number of aromatic nitrogens is 1. The Labute approximate surface area is 140 Å². The van der Waals surface area contributed by atoms with Crippen LogP contribution in [0.4, 0.5) is 0 Å². The van der Waals surface area contributed by atoms with Crippen LogP contribution in [0, 0.1) is 12.3 Å². The van der Waals surface area contributed by atoms with Crippen LogP contribution in [0.5, 0.6) is 0 Å². The molecule has 1 saturated heterocycles. The summed E-state index contributed by atoms with van der Waals surface area (Å²) in [6, 6.07) is 4.25. The molecule has 2 fully saturated rings. The van der Waals surface area contributed by atoms with E-state index in [1.165, 1.54) is 50.6 Å². The summed E-state index contributed by atoms with van der Waals surface area (Å²) in [4.78, 5) is 11.3. The number of aliphatic imine (C=N–C) groups is 1. The van der Waals surface area contributed by atoms with Gasteiger partial charge >= 0.3 is 0 Å². The predicted molar refractivity (Wildman–Crippen MR) is 95.7 cm³/mol. The molecule has 1 saturated carbocycles. The first-order valence-corrected chi connectivity index (χ1v) is 9.08. The Bertz CT molecular complexity index is 529. The van der Waals surface area contributed by atoms with Crippen molar-refractivity contribution in [3.05, 3.63) is 29.6 Å². The zero-order chi connectivity index (χ0) is 16.1. The summed E-state index contributed by atoms with van der Waals surface area (Å²) in [5.41, 5.74) is 2.94. The Morgan fingerprint density at radius 2 is 2.09 bits per heavy atom. The van der Waals surface area contributed by atoms with Crippen LogP contribution in [0.3, 0.4) is 0 Å². The van der Waals surface area contributed by atoms with E-state index in [-0.39, 0.29) is 0 Å². The van der Waals surface area contributed by atoms with Crippen molar-refractivity contribution in [2.24, 2.45) is 10.4 Å². The highest BCUT2D eigenvalue weighted by Crippen LogP contribution is 2.43. The first-order valence-electron chi connectivity index (χ1n) is 9.08. The molecule has 1 spiro atoms. The Kier molecular flexibility index (Phi) is 5.19. The largest absolute Gasteiger partial charge is 0.356 e. The number of hydrogen-bond acceptors (Lipinski definition) is 2. The maximum atomic E-state index is 4.51. The summed E-state index contributed by atoms with van der Waals surface area (Å²) in [6.45, 7) is 5.30. The van der Waals surface area contributed by atoms with E-state index in [0.717, 1.165) is 31.2 Å². The highest BCUT2D eigenvalue weighted by atomic mass is 15.3. The van der Waals surface area contributed by atoms with Gasteiger partial charge in [-0.05, 0) is 49.7 Å². The fourth-order valence-electron chi connectivity index (χ4n) is 4.12. The van der Waals surface area contributed by atoms with E-state index in [2.05, 4.69) is 32.3 Å². The van der Waals surface area contributed by atoms with Crippen molar-refractivity contribution >= 4 is 5.96 Å². The van der Waals surface area contributed by atoms with Gasteiger partial charge in [0.2, 0.25) is 0 Å². The summed E-state index contributed by atoms with van der Waals surface area (Å²) in [5, 5.41) is 3.54. The van der Waals surface area contributed by atoms with Crippen LogP contribution >= 0.6 is 0 Å². The van der Waals surface area contributed by atoms with Crippen molar-refractivity contribution in [2.45, 2.75) is 51.9 Å². The van der Waals surface area contributed by atoms with Gasteiger partial charge in [-0.1, -0.05) is 25.3 Å². The monoisotopic (exact) mass is 314 g/mol. The van der Waals surface area contributed by atoms with Crippen LogP contribution < -0.4 is 5.32 Å². The van der Waals surface area contributed by atoms with Gasteiger partial charge in [0.25, 0.3) is 0 Å². The Morgan fingerprint density at radius 1 is 1.26 bits per heavy atom. The average Bonchev–Trinajstić information content (AvgIpc) is 2.97. The quantitative estimate of drug-likeness (QED) is 0.688. The van der Waals surface area contributed by atoms with E-state index in [9.17, 15) is 0 Å². The summed E-state index contributed by atoms with van der Waals surface area (Å²) in [5.74, 6) is 1.08. The van der Waals surface area contributed by atoms with Gasteiger partial charge in [-0.15, -0.1) is 0 Å². The van der Waals surface area contributed by atoms with Crippen molar-refractivity contribution in [3.63, 3.8) is 0 Å². The molecule has 0 amide bonds. The number of aryl methyl sites for hydroxylation is 1. The summed E-state index contributed by atoms with van der Waals surface area (Å²) in [7, 11) is 1.90. The summed E-state index contributed by atoms with van der Waals surface area (Å²) in [6.07, 6.45) is 11.4. The van der Waals surface area contributed by atoms with E-state index >= 15 is 0 Å². The number of likely N-dealkylation sites (tertiary alicyclic amines) is 1. The molecule has 1 aliphatic heterocycles. The number of pyridine rings is 1. The molecule has 1 aromatic heterocycles. The number of nitrogens with one attached hydrogen (secondary N) is 1. The smallest absolute Gasteiger partial charge is 0.193 e. The zero-order valence-electron chi connectivity index (χ0n) is 14.6. The molecule has 0 atom stereocenters. The minimum Gasteiger partial charge on any atom is -0.356 e. The van der Waals surface area contributed by atoms with Crippen LogP contribution in [-0.2, 0) is 6.42 Å². The van der Waals surface area contributed by atoms with Gasteiger partial charge in [0.15, 0.2) is 5.96 Å². The molecule has 126 valence electrons. The van der Waals surface area contributed by atoms with E-state index in [1.54, 1.807) is 0 Å². The zero-order valence-corrected chi connectivity index (χ0v) is 14.6. The lowest BCUT2D eigenvalue weighted by atomic mass is 9.73. The molecule has 4 heteroatoms. The number of hydrogen-bond donors (Lipinski definition) is 1. The number of nitrogens with zero attached hydrogens (tertiary/aromatic N) is 3. The molecule has 0 unspecified atom stereocenters. The first kappa shape index (κ1) is 16.3. The minimum atomic E-state index is 0.580. The molecule has 0 bridgehead atoms. The normalized spacial score (nSPS) is 21.0. The first-order chi connectivity index (χ1) is 11.2. The van der Waals surface area contributed by atoms with Gasteiger partial charge < -0.3 is 10.2 Å². The molecule has 1 aromatic rings. The third kappa shape index (κ3) is 4.04. The molecule has 1 aliphatic carbocycles. The van der Waals surface area contributed by atoms with Crippen LogP contribution in [0.2, 0.25) is 0 Å². The van der Waals surface area contributed by atoms with Crippen LogP contribution in [0.25, 0.3) is 0 Å². The summed E-state index contributed by atoms with van der Waals surface area (Å²) < 4.78 is 0. The van der Waals surface area contributed by atoms with Crippen LogP contribution in [0.1, 0.15) is 49.8 Å². The lowest BCUT2D eigenvalue weighted by Crippen LogP contribution is -2.42. The van der Waals surface area contributed by atoms with Crippen molar-refractivity contribution in [1.29, 1.82) is 0 Å². The lowest BCUT2D eigenvalue weighted by molar-refractivity contribution is 0.203. The van der Waals surface area contributed by atoms with Crippen molar-refractivity contribution < 1.29 is 0 Å². The van der Waals surface area contributed by atoms with Gasteiger partial charge in [-0.25, -0.2) is 0 Å². The van der Waals surface area contributed by atoms with E-state index in [1.807, 2.05) is 20.2 Å². The second-order valence-electron chi connectivity index (χ2n) is 7.26. The molecule has 0 aromatic carbocycles. The third-order valence-corrected chi connectivity index (χ3v) is 5.53. The predicted octanol–water partition coefficient (Wildman–Crippen LogP) is 3.16. The fraction of sp³-hybridized carbons (Fsp3) is 0.684. The fourth-order valence-corrected chi connectivity index (χ4v) is 4.12. The topological polar surface area (TPSA) is 40.5 Å². The standard InChI is InChI=1S/C19H30N4/c1-16-6-7-17(14-22-16)8-12-21-18(20-2)23-13-11-19(15-23)9-4-3-5-10-19/h6-7,14H,3-5,8-13,15H2,1-2H3,(H,20,21). The Hall–Kier alpha value is -1.58. The second-order valence-corrected chi connectivity index (χ2v) is 7.26. The van der Waals surface area contributed by atoms with Crippen molar-refractivity contribution in [2.75, 3.05) is 26.7 Å². The molecule has 2 heterocycles. The van der Waals surface area contributed by atoms with E-state index in [0.29, 0.717) is 5.41 Å². The maximum absolute atomic E-state index is 4.51. The SMILES string of the molecule is CN=C(NCCc1ccc(C)nc1)N1CCC2(CCCCC2)C1. The molecule has 23 heavy (non-hydrogen) atoms. The number of guanidine groups is 1. The van der Waals surface area contributed by atoms with Gasteiger partial charge in [0, 0.05) is 38.6 Å². The van der Waals surface area contributed by atoms with Gasteiger partial charge in [-0.2, -0.15) is 0 Å². The Balaban J connectivity index is 1.49. The van der Waals surface area contributed by atoms with E-state index in [4.69, 9.17) is 0 Å². The molecule has 2 aliphatic rings. The van der Waals surface area contributed by atoms with Crippen LogP contribution in [-0.4, -0.2) is 42.5 Å². The molecule has 1 N–H and O–H groups in total. The summed E-state index contributed by atoms with van der Waals surface area (Å²) >= 11 is 0. The molecule has 4 nitrogen and oxygen atoms in total. The minimum absolute atomic E-state index is 0.580. The highest BCUT2D eigenvalue weighted by molar-refractivity contribution is 5.80. The molecule has 0 radical (unpaired) electrons. The van der Waals surface area contributed by atoms with Gasteiger partial charge in [0.05, 0.1) is 0 Å². The van der Waals surface area contributed by atoms with E-state index < -0.39 is 0 Å². The molecule has 3 rings (SSSR count). The third-order valence-electron chi connectivity index (χ3n) is 5.53. The van der Waals surface area contributed by atoms with Gasteiger partial charge in [0.1, 0.15) is 0 Å². The average molecular weight is 314 g/mol. The second kappa shape index (κ2) is 7.33. The molecular formula is C19H30N4.